The number of nitrogens with two attached hydrogens (primary N) is 1. The van der Waals surface area contributed by atoms with Gasteiger partial charge in [-0.05, 0) is 32.6 Å². The number of rotatable bonds is 4. The lowest BCUT2D eigenvalue weighted by Crippen LogP contribution is -2.07. The second kappa shape index (κ2) is 4.96. The van der Waals surface area contributed by atoms with Crippen LogP contribution in [-0.2, 0) is 0 Å². The van der Waals surface area contributed by atoms with Gasteiger partial charge in [0.05, 0.1) is 0 Å². The van der Waals surface area contributed by atoms with Gasteiger partial charge in [-0.2, -0.15) is 4.98 Å². The summed E-state index contributed by atoms with van der Waals surface area (Å²) in [7, 11) is 0. The molecule has 1 aromatic rings. The van der Waals surface area contributed by atoms with Crippen LogP contribution in [0.3, 0.4) is 0 Å². The molecule has 0 fully saturated rings. The van der Waals surface area contributed by atoms with E-state index in [9.17, 15) is 0 Å². The average Bonchev–Trinajstić information content (AvgIpc) is 2.69. The molecule has 1 aliphatic rings. The van der Waals surface area contributed by atoms with Crippen molar-refractivity contribution in [1.29, 1.82) is 0 Å². The Hall–Kier alpha value is -1.58. The van der Waals surface area contributed by atoms with Crippen molar-refractivity contribution in [2.24, 2.45) is 0 Å². The molecule has 0 bridgehead atoms. The van der Waals surface area contributed by atoms with Gasteiger partial charge in [-0.3, -0.25) is 0 Å². The van der Waals surface area contributed by atoms with Gasteiger partial charge in [0, 0.05) is 18.3 Å². The first-order chi connectivity index (χ1) is 7.74. The van der Waals surface area contributed by atoms with Gasteiger partial charge >= 0.3 is 0 Å². The molecule has 4 nitrogen and oxygen atoms in total. The molecule has 0 amide bonds. The minimum Gasteiger partial charge on any atom is -0.370 e. The van der Waals surface area contributed by atoms with Crippen molar-refractivity contribution in [3.63, 3.8) is 0 Å². The van der Waals surface area contributed by atoms with E-state index in [1.807, 2.05) is 13.0 Å². The Morgan fingerprint density at radius 3 is 3.00 bits per heavy atom. The Morgan fingerprint density at radius 2 is 2.31 bits per heavy atom. The third-order valence-electron chi connectivity index (χ3n) is 2.76. The van der Waals surface area contributed by atoms with Crippen LogP contribution in [0.15, 0.2) is 17.7 Å². The highest BCUT2D eigenvalue weighted by Gasteiger charge is 2.04. The lowest BCUT2D eigenvalue weighted by atomic mass is 10.2. The van der Waals surface area contributed by atoms with Crippen molar-refractivity contribution in [3.8, 4) is 0 Å². The number of nitrogen functional groups attached to an aromatic ring is 1. The van der Waals surface area contributed by atoms with Crippen molar-refractivity contribution in [2.45, 2.75) is 32.6 Å². The fraction of sp³-hybridized carbons (Fsp3) is 0.500. The number of aromatic nitrogens is 2. The minimum absolute atomic E-state index is 0.336. The molecule has 0 radical (unpaired) electrons. The second-order valence-corrected chi connectivity index (χ2v) is 4.18. The SMILES string of the molecule is Cc1cc(NCCC2=CCCC2)nc(N)n1. The Bertz CT molecular complexity index is 378. The van der Waals surface area contributed by atoms with Crippen LogP contribution in [0, 0.1) is 6.92 Å². The lowest BCUT2D eigenvalue weighted by Gasteiger charge is -2.07. The third kappa shape index (κ3) is 2.95. The smallest absolute Gasteiger partial charge is 0.222 e. The summed E-state index contributed by atoms with van der Waals surface area (Å²) in [6, 6.07) is 1.92. The van der Waals surface area contributed by atoms with Gasteiger partial charge in [0.1, 0.15) is 5.82 Å². The van der Waals surface area contributed by atoms with Crippen LogP contribution in [0.2, 0.25) is 0 Å². The summed E-state index contributed by atoms with van der Waals surface area (Å²) in [5, 5.41) is 3.28. The van der Waals surface area contributed by atoms with Gasteiger partial charge in [0.15, 0.2) is 0 Å². The minimum atomic E-state index is 0.336. The normalized spacial score (nSPS) is 14.9. The van der Waals surface area contributed by atoms with E-state index in [2.05, 4.69) is 21.4 Å². The zero-order valence-electron chi connectivity index (χ0n) is 9.66. The van der Waals surface area contributed by atoms with Crippen LogP contribution in [-0.4, -0.2) is 16.5 Å². The molecule has 3 N–H and O–H groups in total. The monoisotopic (exact) mass is 218 g/mol. The van der Waals surface area contributed by atoms with Gasteiger partial charge in [0.25, 0.3) is 0 Å². The second-order valence-electron chi connectivity index (χ2n) is 4.18. The predicted octanol–water partition coefficient (Wildman–Crippen LogP) is 2.28. The van der Waals surface area contributed by atoms with E-state index in [-0.39, 0.29) is 0 Å². The van der Waals surface area contributed by atoms with E-state index in [0.717, 1.165) is 24.5 Å². The number of hydrogen-bond donors (Lipinski definition) is 2. The first-order valence-electron chi connectivity index (χ1n) is 5.77. The topological polar surface area (TPSA) is 63.8 Å². The number of anilines is 2. The molecule has 4 heteroatoms. The van der Waals surface area contributed by atoms with E-state index < -0.39 is 0 Å². The molecule has 0 saturated heterocycles. The molecule has 86 valence electrons. The quantitative estimate of drug-likeness (QED) is 0.761. The zero-order valence-corrected chi connectivity index (χ0v) is 9.66. The van der Waals surface area contributed by atoms with Gasteiger partial charge < -0.3 is 11.1 Å². The van der Waals surface area contributed by atoms with Gasteiger partial charge in [-0.25, -0.2) is 4.98 Å². The Kier molecular flexibility index (Phi) is 3.39. The molecule has 1 aromatic heterocycles. The molecular weight excluding hydrogens is 200 g/mol. The summed E-state index contributed by atoms with van der Waals surface area (Å²) in [5.41, 5.74) is 8.04. The molecule has 1 aliphatic carbocycles. The van der Waals surface area contributed by atoms with E-state index in [0.29, 0.717) is 5.95 Å². The molecule has 0 spiro atoms. The van der Waals surface area contributed by atoms with Gasteiger partial charge in [-0.15, -0.1) is 0 Å². The lowest BCUT2D eigenvalue weighted by molar-refractivity contribution is 0.861. The highest BCUT2D eigenvalue weighted by molar-refractivity contribution is 5.40. The highest BCUT2D eigenvalue weighted by atomic mass is 15.1. The fourth-order valence-corrected chi connectivity index (χ4v) is 2.00. The first-order valence-corrected chi connectivity index (χ1v) is 5.77. The number of aryl methyl sites for hydroxylation is 1. The molecule has 2 rings (SSSR count). The van der Waals surface area contributed by atoms with Crippen molar-refractivity contribution in [1.82, 2.24) is 9.97 Å². The van der Waals surface area contributed by atoms with Gasteiger partial charge in [-0.1, -0.05) is 11.6 Å². The summed E-state index contributed by atoms with van der Waals surface area (Å²) < 4.78 is 0. The largest absolute Gasteiger partial charge is 0.370 e. The number of nitrogens with one attached hydrogen (secondary N) is 1. The van der Waals surface area contributed by atoms with Crippen LogP contribution < -0.4 is 11.1 Å². The molecule has 0 atom stereocenters. The van der Waals surface area contributed by atoms with Crippen molar-refractivity contribution in [2.75, 3.05) is 17.6 Å². The van der Waals surface area contributed by atoms with Crippen LogP contribution in [0.5, 0.6) is 0 Å². The van der Waals surface area contributed by atoms with E-state index in [1.54, 1.807) is 5.57 Å². The Balaban J connectivity index is 1.84. The standard InChI is InChI=1S/C12H18N4/c1-9-8-11(16-12(13)15-9)14-7-6-10-4-2-3-5-10/h4,8H,2-3,5-7H2,1H3,(H3,13,14,15,16). The molecule has 0 saturated carbocycles. The molecular formula is C12H18N4. The number of hydrogen-bond acceptors (Lipinski definition) is 4. The molecule has 0 aliphatic heterocycles. The van der Waals surface area contributed by atoms with Crippen LogP contribution in [0.4, 0.5) is 11.8 Å². The third-order valence-corrected chi connectivity index (χ3v) is 2.76. The van der Waals surface area contributed by atoms with Crippen LogP contribution >= 0.6 is 0 Å². The van der Waals surface area contributed by atoms with Crippen LogP contribution in [0.1, 0.15) is 31.4 Å². The van der Waals surface area contributed by atoms with Crippen molar-refractivity contribution >= 4 is 11.8 Å². The van der Waals surface area contributed by atoms with Crippen molar-refractivity contribution < 1.29 is 0 Å². The highest BCUT2D eigenvalue weighted by Crippen LogP contribution is 2.20. The summed E-state index contributed by atoms with van der Waals surface area (Å²) in [6.45, 7) is 2.84. The predicted molar refractivity (Wildman–Crippen MR) is 66.2 cm³/mol. The fourth-order valence-electron chi connectivity index (χ4n) is 2.00. The first kappa shape index (κ1) is 10.9. The van der Waals surface area contributed by atoms with E-state index >= 15 is 0 Å². The van der Waals surface area contributed by atoms with Crippen LogP contribution in [0.25, 0.3) is 0 Å². The Morgan fingerprint density at radius 1 is 1.44 bits per heavy atom. The number of allylic oxidation sites excluding steroid dienone is 1. The maximum Gasteiger partial charge on any atom is 0.222 e. The molecule has 0 aromatic carbocycles. The van der Waals surface area contributed by atoms with Gasteiger partial charge in [0.2, 0.25) is 5.95 Å². The summed E-state index contributed by atoms with van der Waals surface area (Å²) in [6.07, 6.45) is 7.26. The molecule has 16 heavy (non-hydrogen) atoms. The summed E-state index contributed by atoms with van der Waals surface area (Å²) in [5.74, 6) is 1.16. The molecule has 0 unspecified atom stereocenters. The maximum absolute atomic E-state index is 5.58. The average molecular weight is 218 g/mol. The van der Waals surface area contributed by atoms with E-state index in [4.69, 9.17) is 5.73 Å². The van der Waals surface area contributed by atoms with E-state index in [1.165, 1.54) is 19.3 Å². The summed E-state index contributed by atoms with van der Waals surface area (Å²) in [4.78, 5) is 8.17. The summed E-state index contributed by atoms with van der Waals surface area (Å²) >= 11 is 0. The molecule has 1 heterocycles. The zero-order chi connectivity index (χ0) is 11.4. The van der Waals surface area contributed by atoms with Crippen molar-refractivity contribution in [3.05, 3.63) is 23.4 Å². The Labute approximate surface area is 96.0 Å². The number of nitrogens with zero attached hydrogens (tertiary/aromatic N) is 2. The maximum atomic E-state index is 5.58.